The van der Waals surface area contributed by atoms with Gasteiger partial charge in [0.2, 0.25) is 0 Å². The molecule has 8 heteroatoms. The molecule has 0 radical (unpaired) electrons. The van der Waals surface area contributed by atoms with Gasteiger partial charge in [-0.15, -0.1) is 0 Å². The number of carbonyl (C=O) groups excluding carboxylic acids is 1. The van der Waals surface area contributed by atoms with Gasteiger partial charge in [0.25, 0.3) is 5.56 Å². The van der Waals surface area contributed by atoms with Gasteiger partial charge in [0.05, 0.1) is 12.1 Å². The van der Waals surface area contributed by atoms with Crippen molar-refractivity contribution in [1.82, 2.24) is 9.55 Å². The average molecular weight is 383 g/mol. The van der Waals surface area contributed by atoms with Crippen molar-refractivity contribution >= 4 is 28.3 Å². The monoisotopic (exact) mass is 382 g/mol. The second kappa shape index (κ2) is 6.64. The number of pyridine rings is 1. The summed E-state index contributed by atoms with van der Waals surface area (Å²) in [6, 6.07) is 6.04. The van der Waals surface area contributed by atoms with E-state index < -0.39 is 34.6 Å². The maximum Gasteiger partial charge on any atom is 0.417 e. The number of benzene rings is 1. The Morgan fingerprint density at radius 3 is 2.69 bits per heavy atom. The van der Waals surface area contributed by atoms with Gasteiger partial charge in [0.15, 0.2) is 5.78 Å². The number of hydrogen-bond donors (Lipinski definition) is 1. The Kier molecular flexibility index (Phi) is 4.66. The van der Waals surface area contributed by atoms with Crippen molar-refractivity contribution < 1.29 is 18.0 Å². The Hall–Kier alpha value is -2.54. The molecule has 0 aliphatic rings. The van der Waals surface area contributed by atoms with E-state index in [4.69, 9.17) is 11.6 Å². The second-order valence-corrected chi connectivity index (χ2v) is 6.23. The predicted molar refractivity (Wildman–Crippen MR) is 92.7 cm³/mol. The molecule has 0 saturated carbocycles. The molecule has 26 heavy (non-hydrogen) atoms. The van der Waals surface area contributed by atoms with Crippen LogP contribution in [0.3, 0.4) is 0 Å². The Labute approximate surface area is 151 Å². The number of nitrogens with one attached hydrogen (secondary N) is 1. The molecule has 0 spiro atoms. The largest absolute Gasteiger partial charge is 0.417 e. The van der Waals surface area contributed by atoms with Crippen molar-refractivity contribution in [2.24, 2.45) is 0 Å². The van der Waals surface area contributed by atoms with E-state index in [9.17, 15) is 22.8 Å². The summed E-state index contributed by atoms with van der Waals surface area (Å²) in [6.07, 6.45) is -1.79. The lowest BCUT2D eigenvalue weighted by Crippen LogP contribution is -2.26. The van der Waals surface area contributed by atoms with Gasteiger partial charge >= 0.3 is 6.18 Å². The fraction of sp³-hybridized carbons (Fsp3) is 0.222. The molecule has 0 aliphatic heterocycles. The maximum absolute atomic E-state index is 12.9. The lowest BCUT2D eigenvalue weighted by molar-refractivity contribution is -0.138. The Morgan fingerprint density at radius 1 is 1.31 bits per heavy atom. The molecule has 0 atom stereocenters. The number of hydrogen-bond acceptors (Lipinski definition) is 2. The smallest absolute Gasteiger partial charge is 0.360 e. The van der Waals surface area contributed by atoms with E-state index >= 15 is 0 Å². The van der Waals surface area contributed by atoms with Gasteiger partial charge in [-0.2, -0.15) is 13.2 Å². The summed E-state index contributed by atoms with van der Waals surface area (Å²) < 4.78 is 39.4. The number of nitrogens with zero attached hydrogens (tertiary/aromatic N) is 1. The van der Waals surface area contributed by atoms with Crippen LogP contribution in [-0.4, -0.2) is 15.3 Å². The maximum atomic E-state index is 12.9. The first-order chi connectivity index (χ1) is 12.2. The van der Waals surface area contributed by atoms with E-state index in [-0.39, 0.29) is 0 Å². The van der Waals surface area contributed by atoms with Gasteiger partial charge in [-0.1, -0.05) is 36.7 Å². The molecule has 1 aromatic carbocycles. The van der Waals surface area contributed by atoms with Crippen molar-refractivity contribution in [2.75, 3.05) is 0 Å². The number of aromatic amines is 1. The molecule has 0 saturated heterocycles. The highest BCUT2D eigenvalue weighted by molar-refractivity contribution is 6.30. The topological polar surface area (TPSA) is 54.9 Å². The number of aromatic nitrogens is 2. The summed E-state index contributed by atoms with van der Waals surface area (Å²) in [6.45, 7) is 1.44. The van der Waals surface area contributed by atoms with Crippen LogP contribution in [0.4, 0.5) is 13.2 Å². The van der Waals surface area contributed by atoms with Gasteiger partial charge in [0, 0.05) is 28.9 Å². The van der Waals surface area contributed by atoms with Crippen LogP contribution in [0.15, 0.2) is 41.5 Å². The molecule has 0 fully saturated rings. The predicted octanol–water partition coefficient (Wildman–Crippen LogP) is 4.45. The van der Waals surface area contributed by atoms with Crippen molar-refractivity contribution in [1.29, 1.82) is 0 Å². The number of alkyl halides is 3. The first-order valence-corrected chi connectivity index (χ1v) is 8.19. The van der Waals surface area contributed by atoms with Crippen LogP contribution in [0.5, 0.6) is 0 Å². The summed E-state index contributed by atoms with van der Waals surface area (Å²) in [5.74, 6) is -0.484. The number of carbonyl (C=O) groups is 1. The third-order valence-electron chi connectivity index (χ3n) is 4.17. The third-order valence-corrected chi connectivity index (χ3v) is 4.44. The first-order valence-electron chi connectivity index (χ1n) is 7.81. The molecular weight excluding hydrogens is 369 g/mol. The molecule has 3 rings (SSSR count). The molecule has 0 aliphatic carbocycles. The number of para-hydroxylation sites is 1. The van der Waals surface area contributed by atoms with Crippen LogP contribution >= 0.6 is 11.6 Å². The lowest BCUT2D eigenvalue weighted by Gasteiger charge is -2.11. The number of halogens is 4. The van der Waals surface area contributed by atoms with E-state index in [1.807, 2.05) is 13.0 Å². The average Bonchev–Trinajstić information content (AvgIpc) is 3.01. The fourth-order valence-corrected chi connectivity index (χ4v) is 3.08. The zero-order valence-corrected chi connectivity index (χ0v) is 14.4. The van der Waals surface area contributed by atoms with Crippen LogP contribution in [0, 0.1) is 0 Å². The van der Waals surface area contributed by atoms with Crippen molar-refractivity contribution in [3.05, 3.63) is 68.7 Å². The van der Waals surface area contributed by atoms with Crippen LogP contribution in [-0.2, 0) is 19.1 Å². The minimum Gasteiger partial charge on any atom is -0.360 e. The van der Waals surface area contributed by atoms with Gasteiger partial charge in [0.1, 0.15) is 5.02 Å². The first kappa shape index (κ1) is 18.3. The highest BCUT2D eigenvalue weighted by atomic mass is 35.5. The van der Waals surface area contributed by atoms with Crippen molar-refractivity contribution in [3.8, 4) is 0 Å². The Balaban J connectivity index is 2.01. The zero-order chi connectivity index (χ0) is 19.1. The SMILES string of the molecule is CCc1cccc2c(C(=O)Cn3cc(C(F)(F)F)cc(Cl)c3=O)c[nH]c12. The fourth-order valence-electron chi connectivity index (χ4n) is 2.85. The molecule has 1 N–H and O–H groups in total. The number of ketones is 1. The number of H-pyrrole nitrogens is 1. The van der Waals surface area contributed by atoms with Crippen molar-refractivity contribution in [3.63, 3.8) is 0 Å². The quantitative estimate of drug-likeness (QED) is 0.678. The second-order valence-electron chi connectivity index (χ2n) is 5.83. The minimum absolute atomic E-state index is 0.315. The summed E-state index contributed by atoms with van der Waals surface area (Å²) in [7, 11) is 0. The third kappa shape index (κ3) is 3.26. The minimum atomic E-state index is -4.67. The summed E-state index contributed by atoms with van der Waals surface area (Å²) in [4.78, 5) is 27.7. The normalized spacial score (nSPS) is 11.9. The molecule has 0 bridgehead atoms. The van der Waals surface area contributed by atoms with Crippen LogP contribution in [0.1, 0.15) is 28.4 Å². The molecular formula is C18H14ClF3N2O2. The summed E-state index contributed by atoms with van der Waals surface area (Å²) in [5, 5.41) is 0.0836. The molecule has 136 valence electrons. The summed E-state index contributed by atoms with van der Waals surface area (Å²) in [5.41, 5.74) is 0.202. The van der Waals surface area contributed by atoms with Crippen LogP contribution < -0.4 is 5.56 Å². The molecule has 0 amide bonds. The number of Topliss-reactive ketones (excluding diaryl/α,β-unsaturated/α-hetero) is 1. The van der Waals surface area contributed by atoms with Gasteiger partial charge in [-0.3, -0.25) is 9.59 Å². The van der Waals surface area contributed by atoms with Crippen LogP contribution in [0.2, 0.25) is 5.02 Å². The van der Waals surface area contributed by atoms with Crippen LogP contribution in [0.25, 0.3) is 10.9 Å². The van der Waals surface area contributed by atoms with E-state index in [0.29, 0.717) is 27.8 Å². The Morgan fingerprint density at radius 2 is 2.04 bits per heavy atom. The molecule has 4 nitrogen and oxygen atoms in total. The van der Waals surface area contributed by atoms with E-state index in [2.05, 4.69) is 4.98 Å². The highest BCUT2D eigenvalue weighted by Gasteiger charge is 2.32. The van der Waals surface area contributed by atoms with Gasteiger partial charge in [-0.25, -0.2) is 0 Å². The molecule has 2 aromatic heterocycles. The van der Waals surface area contributed by atoms with E-state index in [1.54, 1.807) is 12.1 Å². The van der Waals surface area contributed by atoms with E-state index in [0.717, 1.165) is 17.5 Å². The highest BCUT2D eigenvalue weighted by Crippen LogP contribution is 2.30. The molecule has 0 unspecified atom stereocenters. The standard InChI is InChI=1S/C18H14ClF3N2O2/c1-2-10-4-3-5-12-13(7-23-16(10)12)15(25)9-24-8-11(18(20,21)22)6-14(19)17(24)26/h3-8,23H,2,9H2,1H3. The summed E-state index contributed by atoms with van der Waals surface area (Å²) >= 11 is 5.62. The Bertz CT molecular complexity index is 1050. The number of rotatable bonds is 4. The van der Waals surface area contributed by atoms with Gasteiger partial charge in [-0.05, 0) is 18.1 Å². The van der Waals surface area contributed by atoms with Gasteiger partial charge < -0.3 is 9.55 Å². The molecule has 2 heterocycles. The number of fused-ring (bicyclic) bond motifs is 1. The van der Waals surface area contributed by atoms with E-state index in [1.165, 1.54) is 6.20 Å². The lowest BCUT2D eigenvalue weighted by atomic mass is 10.0. The number of aryl methyl sites for hydroxylation is 1. The zero-order valence-electron chi connectivity index (χ0n) is 13.7. The molecule has 3 aromatic rings. The van der Waals surface area contributed by atoms with Crippen molar-refractivity contribution in [2.45, 2.75) is 26.1 Å².